The Morgan fingerprint density at radius 2 is 1.86 bits per heavy atom. The number of rotatable bonds is 8. The van der Waals surface area contributed by atoms with Crippen LogP contribution in [0.1, 0.15) is 57.2 Å². The number of unbranched alkanes of at least 4 members (excludes halogenated alkanes) is 1. The van der Waals surface area contributed by atoms with Gasteiger partial charge in [0, 0.05) is 36.2 Å². The second-order valence-corrected chi connectivity index (χ2v) is 6.16. The quantitative estimate of drug-likeness (QED) is 0.727. The van der Waals surface area contributed by atoms with E-state index >= 15 is 0 Å². The lowest BCUT2D eigenvalue weighted by molar-refractivity contribution is 0.429. The molecule has 1 N–H and O–H groups in total. The van der Waals surface area contributed by atoms with Crippen molar-refractivity contribution in [2.75, 3.05) is 0 Å². The zero-order chi connectivity index (χ0) is 15.2. The Kier molecular flexibility index (Phi) is 5.86. The summed E-state index contributed by atoms with van der Waals surface area (Å²) in [5.74, 6) is 0. The molecule has 0 amide bonds. The average molecular weight is 286 g/mol. The summed E-state index contributed by atoms with van der Waals surface area (Å²) in [6, 6.07) is 9.36. The van der Waals surface area contributed by atoms with Crippen molar-refractivity contribution in [3.05, 3.63) is 35.5 Å². The van der Waals surface area contributed by atoms with Crippen LogP contribution in [0.2, 0.25) is 0 Å². The van der Waals surface area contributed by atoms with Crippen LogP contribution >= 0.6 is 0 Å². The number of hydrogen-bond donors (Lipinski definition) is 1. The lowest BCUT2D eigenvalue weighted by Crippen LogP contribution is -2.29. The molecule has 0 radical (unpaired) electrons. The maximum Gasteiger partial charge on any atom is 0.0483 e. The van der Waals surface area contributed by atoms with Gasteiger partial charge in [-0.15, -0.1) is 0 Å². The third kappa shape index (κ3) is 3.68. The van der Waals surface area contributed by atoms with Crippen molar-refractivity contribution >= 4 is 10.9 Å². The van der Waals surface area contributed by atoms with Crippen molar-refractivity contribution in [1.29, 1.82) is 0 Å². The van der Waals surface area contributed by atoms with E-state index in [-0.39, 0.29) is 0 Å². The number of nitrogens with zero attached hydrogens (tertiary/aromatic N) is 1. The van der Waals surface area contributed by atoms with Gasteiger partial charge in [0.25, 0.3) is 0 Å². The maximum absolute atomic E-state index is 3.79. The molecule has 1 heterocycles. The largest absolute Gasteiger partial charge is 0.346 e. The lowest BCUT2D eigenvalue weighted by Gasteiger charge is -2.18. The molecular weight excluding hydrogens is 256 g/mol. The number of aromatic nitrogens is 1. The van der Waals surface area contributed by atoms with Gasteiger partial charge in [0.05, 0.1) is 0 Å². The Hall–Kier alpha value is -1.28. The maximum atomic E-state index is 3.79. The molecule has 0 bridgehead atoms. The molecule has 0 saturated heterocycles. The highest BCUT2D eigenvalue weighted by Gasteiger charge is 2.13. The van der Waals surface area contributed by atoms with E-state index in [9.17, 15) is 0 Å². The molecule has 116 valence electrons. The fourth-order valence-electron chi connectivity index (χ4n) is 3.28. The minimum absolute atomic E-state index is 0.660. The van der Waals surface area contributed by atoms with Gasteiger partial charge >= 0.3 is 0 Å². The highest BCUT2D eigenvalue weighted by molar-refractivity contribution is 5.85. The van der Waals surface area contributed by atoms with E-state index in [1.54, 1.807) is 0 Å². The second-order valence-electron chi connectivity index (χ2n) is 6.16. The van der Waals surface area contributed by atoms with Crippen LogP contribution in [-0.4, -0.2) is 10.6 Å². The molecule has 2 nitrogen and oxygen atoms in total. The third-order valence-electron chi connectivity index (χ3n) is 4.61. The summed E-state index contributed by atoms with van der Waals surface area (Å²) in [5.41, 5.74) is 4.19. The number of para-hydroxylation sites is 1. The first-order valence-electron chi connectivity index (χ1n) is 8.45. The van der Waals surface area contributed by atoms with E-state index in [4.69, 9.17) is 0 Å². The van der Waals surface area contributed by atoms with Crippen molar-refractivity contribution in [3.8, 4) is 0 Å². The van der Waals surface area contributed by atoms with E-state index in [2.05, 4.69) is 62.0 Å². The lowest BCUT2D eigenvalue weighted by atomic mass is 10.0. The zero-order valence-electron chi connectivity index (χ0n) is 14.1. The van der Waals surface area contributed by atoms with Crippen LogP contribution in [0.4, 0.5) is 0 Å². The topological polar surface area (TPSA) is 17.0 Å². The first kappa shape index (κ1) is 16.1. The second kappa shape index (κ2) is 7.65. The predicted molar refractivity (Wildman–Crippen MR) is 92.7 cm³/mol. The summed E-state index contributed by atoms with van der Waals surface area (Å²) in [4.78, 5) is 0. The third-order valence-corrected chi connectivity index (χ3v) is 4.61. The first-order chi connectivity index (χ1) is 10.2. The van der Waals surface area contributed by atoms with E-state index < -0.39 is 0 Å². The van der Waals surface area contributed by atoms with Gasteiger partial charge in [-0.05, 0) is 31.4 Å². The van der Waals surface area contributed by atoms with E-state index in [1.165, 1.54) is 54.3 Å². The van der Waals surface area contributed by atoms with Crippen LogP contribution in [0.25, 0.3) is 10.9 Å². The van der Waals surface area contributed by atoms with Crippen LogP contribution in [0.15, 0.2) is 24.3 Å². The molecule has 2 rings (SSSR count). The van der Waals surface area contributed by atoms with E-state index in [1.807, 2.05) is 0 Å². The Bertz CT molecular complexity index is 529. The van der Waals surface area contributed by atoms with E-state index in [0.29, 0.717) is 6.04 Å². The highest BCUT2D eigenvalue weighted by atomic mass is 15.0. The SMILES string of the molecule is CCCCC(CCC)NCc1c(C)c2ccccc2n1C. The van der Waals surface area contributed by atoms with Gasteiger partial charge in [-0.3, -0.25) is 0 Å². The molecular formula is C19H30N2. The molecule has 0 aliphatic rings. The standard InChI is InChI=1S/C19H30N2/c1-5-7-11-16(10-6-2)20-14-19-15(3)17-12-8-9-13-18(17)21(19)4/h8-9,12-13,16,20H,5-7,10-11,14H2,1-4H3. The number of hydrogen-bond acceptors (Lipinski definition) is 1. The van der Waals surface area contributed by atoms with Crippen molar-refractivity contribution < 1.29 is 0 Å². The normalized spacial score (nSPS) is 13.0. The minimum Gasteiger partial charge on any atom is -0.346 e. The number of benzene rings is 1. The molecule has 1 aromatic heterocycles. The van der Waals surface area contributed by atoms with Crippen molar-refractivity contribution in [3.63, 3.8) is 0 Å². The van der Waals surface area contributed by atoms with Crippen LogP contribution in [0.3, 0.4) is 0 Å². The molecule has 0 fully saturated rings. The summed E-state index contributed by atoms with van der Waals surface area (Å²) in [5, 5.41) is 5.18. The van der Waals surface area contributed by atoms with Crippen LogP contribution in [-0.2, 0) is 13.6 Å². The highest BCUT2D eigenvalue weighted by Crippen LogP contribution is 2.24. The van der Waals surface area contributed by atoms with E-state index in [0.717, 1.165) is 6.54 Å². The Labute approximate surface area is 129 Å². The van der Waals surface area contributed by atoms with Gasteiger partial charge in [-0.1, -0.05) is 51.3 Å². The van der Waals surface area contributed by atoms with Crippen molar-refractivity contribution in [1.82, 2.24) is 9.88 Å². The van der Waals surface area contributed by atoms with Gasteiger partial charge in [-0.2, -0.15) is 0 Å². The molecule has 0 saturated carbocycles. The fourth-order valence-corrected chi connectivity index (χ4v) is 3.28. The number of nitrogens with one attached hydrogen (secondary N) is 1. The van der Waals surface area contributed by atoms with Gasteiger partial charge < -0.3 is 9.88 Å². The molecule has 1 atom stereocenters. The smallest absolute Gasteiger partial charge is 0.0483 e. The fraction of sp³-hybridized carbons (Fsp3) is 0.579. The molecule has 0 aliphatic carbocycles. The number of fused-ring (bicyclic) bond motifs is 1. The summed E-state index contributed by atoms with van der Waals surface area (Å²) in [7, 11) is 2.19. The Balaban J connectivity index is 2.11. The molecule has 1 aromatic carbocycles. The van der Waals surface area contributed by atoms with Crippen LogP contribution < -0.4 is 5.32 Å². The van der Waals surface area contributed by atoms with Gasteiger partial charge in [-0.25, -0.2) is 0 Å². The predicted octanol–water partition coefficient (Wildman–Crippen LogP) is 4.94. The van der Waals surface area contributed by atoms with Gasteiger partial charge in [0.15, 0.2) is 0 Å². The van der Waals surface area contributed by atoms with Crippen LogP contribution in [0, 0.1) is 6.92 Å². The Morgan fingerprint density at radius 1 is 1.10 bits per heavy atom. The minimum atomic E-state index is 0.660. The summed E-state index contributed by atoms with van der Waals surface area (Å²) < 4.78 is 2.35. The summed E-state index contributed by atoms with van der Waals surface area (Å²) in [6.45, 7) is 7.78. The summed E-state index contributed by atoms with van der Waals surface area (Å²) >= 11 is 0. The molecule has 21 heavy (non-hydrogen) atoms. The van der Waals surface area contributed by atoms with Crippen LogP contribution in [0.5, 0.6) is 0 Å². The van der Waals surface area contributed by atoms with Gasteiger partial charge in [0.2, 0.25) is 0 Å². The number of aryl methyl sites for hydroxylation is 2. The average Bonchev–Trinajstić information content (AvgIpc) is 2.75. The monoisotopic (exact) mass is 286 g/mol. The molecule has 2 heteroatoms. The molecule has 2 aromatic rings. The van der Waals surface area contributed by atoms with Gasteiger partial charge in [0.1, 0.15) is 0 Å². The first-order valence-corrected chi connectivity index (χ1v) is 8.45. The zero-order valence-corrected chi connectivity index (χ0v) is 14.1. The Morgan fingerprint density at radius 3 is 2.52 bits per heavy atom. The molecule has 0 spiro atoms. The van der Waals surface area contributed by atoms with Crippen molar-refractivity contribution in [2.24, 2.45) is 7.05 Å². The van der Waals surface area contributed by atoms with Crippen molar-refractivity contribution in [2.45, 2.75) is 65.5 Å². The molecule has 1 unspecified atom stereocenters. The molecule has 0 aliphatic heterocycles. The summed E-state index contributed by atoms with van der Waals surface area (Å²) in [6.07, 6.45) is 6.45.